The number of carboxylic acids is 1. The third-order valence-corrected chi connectivity index (χ3v) is 13.9. The Balaban J connectivity index is 1.02. The maximum Gasteiger partial charge on any atom is 0.308 e. The van der Waals surface area contributed by atoms with Crippen LogP contribution < -0.4 is 10.9 Å². The quantitative estimate of drug-likeness (QED) is 0.433. The molecule has 0 radical (unpaired) electrons. The van der Waals surface area contributed by atoms with Gasteiger partial charge >= 0.3 is 5.97 Å². The summed E-state index contributed by atoms with van der Waals surface area (Å²) in [4.78, 5) is 35.9. The molecule has 9 atom stereocenters. The minimum absolute atomic E-state index is 0.00428. The number of piperidine rings is 1. The molecule has 5 fully saturated rings. The van der Waals surface area contributed by atoms with E-state index in [1.54, 1.807) is 0 Å². The number of likely N-dealkylation sites (tertiary alicyclic amines) is 2. The standard InChI is InChI=1S/C33H50ClN5O4S/c1-19-12-24(30-29(35-19)26(15-44-30)32(41)42)23-13-21(34)4-7-28(23)43-11-10-39-20(2)36-27-6-5-22(14-25(27)31(39)40)38-9-8-33(18-38)16-37(3)17-33/h19,21-24,26,28-30,35H,4-18H2,1-3H3,(H,41,42). The van der Waals surface area contributed by atoms with Crippen LogP contribution in [0.2, 0.25) is 0 Å². The first-order valence-electron chi connectivity index (χ1n) is 17.0. The van der Waals surface area contributed by atoms with Gasteiger partial charge in [0.15, 0.2) is 0 Å². The monoisotopic (exact) mass is 647 g/mol. The number of carboxylic acid groups (broad SMARTS) is 1. The zero-order valence-electron chi connectivity index (χ0n) is 26.5. The van der Waals surface area contributed by atoms with Crippen LogP contribution in [0.25, 0.3) is 0 Å². The van der Waals surface area contributed by atoms with Crippen LogP contribution in [-0.2, 0) is 28.9 Å². The lowest BCUT2D eigenvalue weighted by atomic mass is 9.70. The zero-order valence-corrected chi connectivity index (χ0v) is 28.1. The van der Waals surface area contributed by atoms with Gasteiger partial charge in [0.25, 0.3) is 5.56 Å². The molecule has 9 nitrogen and oxygen atoms in total. The van der Waals surface area contributed by atoms with Gasteiger partial charge in [0, 0.05) is 65.1 Å². The van der Waals surface area contributed by atoms with Crippen LogP contribution in [0.3, 0.4) is 0 Å². The second kappa shape index (κ2) is 12.5. The Hall–Kier alpha value is -1.17. The number of nitrogens with zero attached hydrogens (tertiary/aromatic N) is 4. The number of aryl methyl sites for hydroxylation is 2. The Morgan fingerprint density at radius 1 is 1.20 bits per heavy atom. The highest BCUT2D eigenvalue weighted by Gasteiger charge is 2.52. The predicted octanol–water partition coefficient (Wildman–Crippen LogP) is 3.02. The van der Waals surface area contributed by atoms with Crippen molar-refractivity contribution >= 4 is 29.3 Å². The van der Waals surface area contributed by atoms with Crippen molar-refractivity contribution in [2.24, 2.45) is 23.2 Å². The number of fused-ring (bicyclic) bond motifs is 2. The highest BCUT2D eigenvalue weighted by molar-refractivity contribution is 8.00. The number of aromatic nitrogens is 2. The number of carbonyl (C=O) groups is 1. The Morgan fingerprint density at radius 3 is 2.80 bits per heavy atom. The van der Waals surface area contributed by atoms with E-state index in [4.69, 9.17) is 21.3 Å². The average molecular weight is 648 g/mol. The van der Waals surface area contributed by atoms with Crippen LogP contribution in [0.5, 0.6) is 0 Å². The molecule has 0 aromatic carbocycles. The summed E-state index contributed by atoms with van der Waals surface area (Å²) in [5.41, 5.74) is 2.51. The second-order valence-corrected chi connectivity index (χ2v) is 16.9. The molecular weight excluding hydrogens is 598 g/mol. The van der Waals surface area contributed by atoms with Crippen molar-refractivity contribution in [1.29, 1.82) is 0 Å². The maximum absolute atomic E-state index is 13.9. The van der Waals surface area contributed by atoms with Gasteiger partial charge in [-0.15, -0.1) is 11.6 Å². The molecule has 2 aliphatic carbocycles. The van der Waals surface area contributed by atoms with Gasteiger partial charge in [0.1, 0.15) is 5.82 Å². The van der Waals surface area contributed by atoms with Gasteiger partial charge in [-0.1, -0.05) is 0 Å². The van der Waals surface area contributed by atoms with E-state index in [0.717, 1.165) is 75.1 Å². The number of thioether (sulfide) groups is 1. The van der Waals surface area contributed by atoms with E-state index in [9.17, 15) is 14.7 Å². The summed E-state index contributed by atoms with van der Waals surface area (Å²) in [6.45, 7) is 9.83. The lowest BCUT2D eigenvalue weighted by molar-refractivity contribution is -0.142. The topological polar surface area (TPSA) is 99.9 Å². The number of hydrogen-bond acceptors (Lipinski definition) is 8. The first-order valence-corrected chi connectivity index (χ1v) is 18.5. The molecule has 5 heterocycles. The van der Waals surface area contributed by atoms with Crippen molar-refractivity contribution in [3.63, 3.8) is 0 Å². The molecule has 9 unspecified atom stereocenters. The van der Waals surface area contributed by atoms with Crippen LogP contribution in [-0.4, -0.2) is 111 Å². The first kappa shape index (κ1) is 31.4. The van der Waals surface area contributed by atoms with E-state index in [1.165, 1.54) is 19.5 Å². The molecule has 0 bridgehead atoms. The van der Waals surface area contributed by atoms with E-state index in [2.05, 4.69) is 29.1 Å². The summed E-state index contributed by atoms with van der Waals surface area (Å²) in [7, 11) is 2.21. The molecule has 1 saturated carbocycles. The Labute approximate surface area is 270 Å². The van der Waals surface area contributed by atoms with Gasteiger partial charge in [0.2, 0.25) is 0 Å². The second-order valence-electron chi connectivity index (χ2n) is 15.0. The van der Waals surface area contributed by atoms with E-state index in [-0.39, 0.29) is 40.3 Å². The van der Waals surface area contributed by atoms with Gasteiger partial charge in [-0.2, -0.15) is 11.8 Å². The van der Waals surface area contributed by atoms with Crippen molar-refractivity contribution in [3.05, 3.63) is 27.4 Å². The molecule has 4 aliphatic heterocycles. The number of hydrogen-bond donors (Lipinski definition) is 2. The van der Waals surface area contributed by atoms with Crippen molar-refractivity contribution in [2.45, 2.75) is 107 Å². The minimum Gasteiger partial charge on any atom is -0.481 e. The highest BCUT2D eigenvalue weighted by atomic mass is 35.5. The Morgan fingerprint density at radius 2 is 2.02 bits per heavy atom. The zero-order chi connectivity index (χ0) is 30.7. The van der Waals surface area contributed by atoms with Crippen LogP contribution in [0, 0.1) is 30.1 Å². The molecule has 11 heteroatoms. The molecule has 4 saturated heterocycles. The number of nitrogens with one attached hydrogen (secondary N) is 1. The van der Waals surface area contributed by atoms with Crippen LogP contribution >= 0.6 is 23.4 Å². The largest absolute Gasteiger partial charge is 0.481 e. The van der Waals surface area contributed by atoms with Crippen molar-refractivity contribution in [1.82, 2.24) is 24.7 Å². The maximum atomic E-state index is 13.9. The summed E-state index contributed by atoms with van der Waals surface area (Å²) in [5.74, 6) is 1.07. The van der Waals surface area contributed by atoms with Crippen molar-refractivity contribution in [2.75, 3.05) is 45.6 Å². The third-order valence-electron chi connectivity index (χ3n) is 12.0. The van der Waals surface area contributed by atoms with Crippen molar-refractivity contribution in [3.8, 4) is 0 Å². The lowest BCUT2D eigenvalue weighted by Crippen LogP contribution is -2.57. The molecule has 7 rings (SSSR count). The summed E-state index contributed by atoms with van der Waals surface area (Å²) < 4.78 is 8.51. The van der Waals surface area contributed by atoms with Crippen LogP contribution in [0.4, 0.5) is 0 Å². The number of rotatable bonds is 7. The average Bonchev–Trinajstić information content (AvgIpc) is 3.60. The van der Waals surface area contributed by atoms with E-state index < -0.39 is 5.97 Å². The van der Waals surface area contributed by atoms with E-state index >= 15 is 0 Å². The van der Waals surface area contributed by atoms with E-state index in [1.807, 2.05) is 23.3 Å². The van der Waals surface area contributed by atoms with Crippen LogP contribution in [0.1, 0.15) is 62.5 Å². The molecule has 0 amide bonds. The summed E-state index contributed by atoms with van der Waals surface area (Å²) >= 11 is 8.57. The predicted molar refractivity (Wildman–Crippen MR) is 174 cm³/mol. The Bertz CT molecular complexity index is 1310. The number of alkyl halides is 1. The lowest BCUT2D eigenvalue weighted by Gasteiger charge is -2.47. The number of ether oxygens (including phenoxy) is 1. The van der Waals surface area contributed by atoms with Gasteiger partial charge in [-0.25, -0.2) is 4.98 Å². The molecule has 1 spiro atoms. The summed E-state index contributed by atoms with van der Waals surface area (Å²) in [5, 5.41) is 13.9. The minimum atomic E-state index is -0.696. The number of aliphatic carboxylic acids is 1. The fourth-order valence-corrected chi connectivity index (χ4v) is 12.1. The van der Waals surface area contributed by atoms with Crippen molar-refractivity contribution < 1.29 is 14.6 Å². The first-order chi connectivity index (χ1) is 21.1. The SMILES string of the molecule is Cc1nc2c(c(=O)n1CCOC1CCC(Cl)CC1C1CC(C)NC3C(C(=O)O)CSC13)CC(N1CCC3(CN(C)C3)C1)CC2. The summed E-state index contributed by atoms with van der Waals surface area (Å²) in [6, 6.07) is 0.702. The number of halogens is 1. The molecular formula is C33H50ClN5O4S. The molecule has 44 heavy (non-hydrogen) atoms. The van der Waals surface area contributed by atoms with Gasteiger partial charge in [-0.05, 0) is 90.6 Å². The molecule has 6 aliphatic rings. The fourth-order valence-electron chi connectivity index (χ4n) is 9.93. The molecule has 2 N–H and O–H groups in total. The fraction of sp³-hybridized carbons (Fsp3) is 0.848. The van der Waals surface area contributed by atoms with Gasteiger partial charge in [0.05, 0.1) is 30.9 Å². The van der Waals surface area contributed by atoms with E-state index in [0.29, 0.717) is 42.2 Å². The molecule has 1 aromatic heterocycles. The normalized spacial score (nSPS) is 38.8. The molecule has 1 aromatic rings. The third kappa shape index (κ3) is 5.89. The summed E-state index contributed by atoms with van der Waals surface area (Å²) in [6.07, 6.45) is 7.88. The van der Waals surface area contributed by atoms with Crippen LogP contribution in [0.15, 0.2) is 4.79 Å². The Kier molecular flexibility index (Phi) is 8.90. The highest BCUT2D eigenvalue weighted by Crippen LogP contribution is 2.48. The van der Waals surface area contributed by atoms with Gasteiger partial charge in [-0.3, -0.25) is 19.1 Å². The molecule has 244 valence electrons. The smallest absolute Gasteiger partial charge is 0.308 e. The van der Waals surface area contributed by atoms with Gasteiger partial charge < -0.3 is 20.1 Å².